The molecule has 0 amide bonds. The molecule has 0 unspecified atom stereocenters. The van der Waals surface area contributed by atoms with Crippen LogP contribution in [0.25, 0.3) is 54.3 Å². The highest BCUT2D eigenvalue weighted by molar-refractivity contribution is 9.11. The molecule has 33 heavy (non-hydrogen) atoms. The van der Waals surface area contributed by atoms with E-state index < -0.39 is 0 Å². The van der Waals surface area contributed by atoms with Gasteiger partial charge in [0.25, 0.3) is 0 Å². The summed E-state index contributed by atoms with van der Waals surface area (Å²) < 4.78 is 4.36. The molecular weight excluding hydrogens is 558 g/mol. The van der Waals surface area contributed by atoms with Crippen LogP contribution >= 0.6 is 43.2 Å². The summed E-state index contributed by atoms with van der Waals surface area (Å²) in [4.78, 5) is 14.7. The summed E-state index contributed by atoms with van der Waals surface area (Å²) in [6.07, 6.45) is 0. The fraction of sp³-hybridized carbons (Fsp3) is 0. The number of nitrogens with zero attached hydrogens (tertiary/aromatic N) is 3. The Bertz CT molecular complexity index is 1620. The van der Waals surface area contributed by atoms with Crippen LogP contribution in [0.4, 0.5) is 0 Å². The molecule has 6 rings (SSSR count). The van der Waals surface area contributed by atoms with Gasteiger partial charge in [-0.05, 0) is 30.3 Å². The Balaban J connectivity index is 1.64. The van der Waals surface area contributed by atoms with E-state index in [1.807, 2.05) is 48.5 Å². The summed E-state index contributed by atoms with van der Waals surface area (Å²) in [6, 6.07) is 31.0. The maximum atomic E-state index is 4.94. The molecule has 0 fully saturated rings. The van der Waals surface area contributed by atoms with Crippen LogP contribution in [0, 0.1) is 0 Å². The number of thiophene rings is 1. The quantitative estimate of drug-likeness (QED) is 0.213. The second kappa shape index (κ2) is 8.45. The van der Waals surface area contributed by atoms with Gasteiger partial charge in [0, 0.05) is 45.8 Å². The van der Waals surface area contributed by atoms with Gasteiger partial charge in [0.1, 0.15) is 0 Å². The van der Waals surface area contributed by atoms with Crippen molar-refractivity contribution in [2.75, 3.05) is 0 Å². The Morgan fingerprint density at radius 1 is 0.545 bits per heavy atom. The fourth-order valence-corrected chi connectivity index (χ4v) is 6.45. The van der Waals surface area contributed by atoms with Gasteiger partial charge >= 0.3 is 0 Å². The number of aromatic nitrogens is 3. The fourth-order valence-electron chi connectivity index (χ4n) is 3.95. The molecule has 0 aliphatic carbocycles. The van der Waals surface area contributed by atoms with Gasteiger partial charge in [0.15, 0.2) is 17.5 Å². The van der Waals surface area contributed by atoms with Gasteiger partial charge in [0.2, 0.25) is 0 Å². The van der Waals surface area contributed by atoms with Gasteiger partial charge in [-0.3, -0.25) is 0 Å². The number of hydrogen-bond donors (Lipinski definition) is 0. The molecule has 158 valence electrons. The van der Waals surface area contributed by atoms with Gasteiger partial charge in [0.05, 0.1) is 0 Å². The van der Waals surface area contributed by atoms with E-state index in [0.29, 0.717) is 17.5 Å². The minimum Gasteiger partial charge on any atom is -0.208 e. The Labute approximate surface area is 211 Å². The first-order valence-corrected chi connectivity index (χ1v) is 12.7. The van der Waals surface area contributed by atoms with E-state index in [9.17, 15) is 0 Å². The number of rotatable bonds is 3. The molecule has 0 saturated carbocycles. The zero-order valence-electron chi connectivity index (χ0n) is 17.2. The molecule has 6 heteroatoms. The summed E-state index contributed by atoms with van der Waals surface area (Å²) in [7, 11) is 0. The van der Waals surface area contributed by atoms with Crippen LogP contribution in [0.3, 0.4) is 0 Å². The van der Waals surface area contributed by atoms with Crippen LogP contribution in [0.15, 0.2) is 99.9 Å². The molecule has 0 N–H and O–H groups in total. The Hall–Kier alpha value is -2.93. The number of halogens is 2. The zero-order valence-corrected chi connectivity index (χ0v) is 21.2. The highest BCUT2D eigenvalue weighted by Gasteiger charge is 2.16. The van der Waals surface area contributed by atoms with E-state index in [2.05, 4.69) is 74.3 Å². The van der Waals surface area contributed by atoms with Crippen molar-refractivity contribution in [3.05, 3.63) is 99.9 Å². The predicted molar refractivity (Wildman–Crippen MR) is 144 cm³/mol. The third-order valence-corrected chi connectivity index (χ3v) is 7.57. The number of hydrogen-bond acceptors (Lipinski definition) is 4. The first-order valence-electron chi connectivity index (χ1n) is 10.3. The van der Waals surface area contributed by atoms with Crippen molar-refractivity contribution in [2.24, 2.45) is 0 Å². The molecule has 3 nitrogen and oxygen atoms in total. The van der Waals surface area contributed by atoms with E-state index in [1.54, 1.807) is 11.3 Å². The molecule has 4 aromatic carbocycles. The van der Waals surface area contributed by atoms with E-state index in [0.717, 1.165) is 25.6 Å². The number of fused-ring (bicyclic) bond motifs is 3. The maximum absolute atomic E-state index is 4.94. The van der Waals surface area contributed by atoms with Crippen LogP contribution in [-0.2, 0) is 0 Å². The molecule has 0 saturated heterocycles. The van der Waals surface area contributed by atoms with Crippen molar-refractivity contribution in [3.63, 3.8) is 0 Å². The molecule has 0 atom stereocenters. The van der Waals surface area contributed by atoms with E-state index >= 15 is 0 Å². The molecule has 2 heterocycles. The molecule has 0 aliphatic heterocycles. The highest BCUT2D eigenvalue weighted by atomic mass is 79.9. The topological polar surface area (TPSA) is 38.7 Å². The maximum Gasteiger partial charge on any atom is 0.165 e. The standard InChI is InChI=1S/C27H15Br2N3S/c28-18-13-17(14-19(29)15-18)26-30-25(16-7-2-1-3-8-16)31-27(32-26)22-11-6-10-21-20-9-4-5-12-23(20)33-24(21)22/h1-15H. The molecule has 0 bridgehead atoms. The smallest absolute Gasteiger partial charge is 0.165 e. The van der Waals surface area contributed by atoms with Crippen LogP contribution in [-0.4, -0.2) is 15.0 Å². The highest BCUT2D eigenvalue weighted by Crippen LogP contribution is 2.39. The Morgan fingerprint density at radius 3 is 1.97 bits per heavy atom. The predicted octanol–water partition coefficient (Wildman–Crippen LogP) is 8.77. The number of benzene rings is 4. The monoisotopic (exact) mass is 571 g/mol. The Morgan fingerprint density at radius 2 is 1.18 bits per heavy atom. The Kier molecular flexibility index (Phi) is 5.29. The van der Waals surface area contributed by atoms with Crippen molar-refractivity contribution in [2.45, 2.75) is 0 Å². The first-order chi connectivity index (χ1) is 16.2. The van der Waals surface area contributed by atoms with Crippen molar-refractivity contribution in [1.29, 1.82) is 0 Å². The molecule has 0 radical (unpaired) electrons. The van der Waals surface area contributed by atoms with Gasteiger partial charge in [-0.1, -0.05) is 92.5 Å². The summed E-state index contributed by atoms with van der Waals surface area (Å²) in [5.74, 6) is 1.97. The average Bonchev–Trinajstić information content (AvgIpc) is 3.23. The van der Waals surface area contributed by atoms with Crippen molar-refractivity contribution in [1.82, 2.24) is 15.0 Å². The summed E-state index contributed by atoms with van der Waals surface area (Å²) in [6.45, 7) is 0. The lowest BCUT2D eigenvalue weighted by atomic mass is 10.1. The lowest BCUT2D eigenvalue weighted by molar-refractivity contribution is 1.08. The van der Waals surface area contributed by atoms with Gasteiger partial charge in [-0.2, -0.15) is 0 Å². The lowest BCUT2D eigenvalue weighted by Gasteiger charge is -2.09. The van der Waals surface area contributed by atoms with Crippen LogP contribution in [0.2, 0.25) is 0 Å². The summed E-state index contributed by atoms with van der Waals surface area (Å²) in [5, 5.41) is 2.48. The second-order valence-corrected chi connectivity index (χ2v) is 10.5. The molecule has 0 aliphatic rings. The molecule has 0 spiro atoms. The van der Waals surface area contributed by atoms with Crippen LogP contribution in [0.5, 0.6) is 0 Å². The lowest BCUT2D eigenvalue weighted by Crippen LogP contribution is -2.00. The summed E-state index contributed by atoms with van der Waals surface area (Å²) >= 11 is 8.96. The normalized spacial score (nSPS) is 11.3. The SMILES string of the molecule is Brc1cc(Br)cc(-c2nc(-c3ccccc3)nc(-c3cccc4c3sc3ccccc34)n2)c1. The van der Waals surface area contributed by atoms with Crippen LogP contribution < -0.4 is 0 Å². The third kappa shape index (κ3) is 3.88. The van der Waals surface area contributed by atoms with E-state index in [4.69, 9.17) is 15.0 Å². The van der Waals surface area contributed by atoms with Crippen molar-refractivity contribution in [3.8, 4) is 34.2 Å². The minimum absolute atomic E-state index is 0.638. The van der Waals surface area contributed by atoms with E-state index in [-0.39, 0.29) is 0 Å². The average molecular weight is 573 g/mol. The van der Waals surface area contributed by atoms with Gasteiger partial charge in [-0.25, -0.2) is 15.0 Å². The summed E-state index contributed by atoms with van der Waals surface area (Å²) in [5.41, 5.74) is 2.89. The largest absolute Gasteiger partial charge is 0.208 e. The van der Waals surface area contributed by atoms with Crippen molar-refractivity contribution >= 4 is 63.4 Å². The van der Waals surface area contributed by atoms with Crippen LogP contribution in [0.1, 0.15) is 0 Å². The molecular formula is C27H15Br2N3S. The van der Waals surface area contributed by atoms with Gasteiger partial charge in [-0.15, -0.1) is 11.3 Å². The second-order valence-electron chi connectivity index (χ2n) is 7.61. The first kappa shape index (κ1) is 20.7. The molecule has 2 aromatic heterocycles. The minimum atomic E-state index is 0.638. The van der Waals surface area contributed by atoms with E-state index in [1.165, 1.54) is 20.2 Å². The van der Waals surface area contributed by atoms with Crippen molar-refractivity contribution < 1.29 is 0 Å². The van der Waals surface area contributed by atoms with Gasteiger partial charge < -0.3 is 0 Å². The zero-order chi connectivity index (χ0) is 22.4. The third-order valence-electron chi connectivity index (χ3n) is 5.43. The molecule has 6 aromatic rings.